The quantitative estimate of drug-likeness (QED) is 0.741. The Kier molecular flexibility index (Phi) is 7.02. The molecule has 6 heteroatoms. The van der Waals surface area contributed by atoms with Crippen molar-refractivity contribution in [2.24, 2.45) is 11.1 Å². The number of hydrogen-bond donors (Lipinski definition) is 2. The molecule has 0 aromatic heterocycles. The lowest BCUT2D eigenvalue weighted by Gasteiger charge is -2.34. The van der Waals surface area contributed by atoms with Crippen molar-refractivity contribution in [2.75, 3.05) is 47.0 Å². The molecule has 1 fully saturated rings. The Morgan fingerprint density at radius 1 is 1.33 bits per heavy atom. The number of nitrogens with two attached hydrogens (primary N) is 1. The number of likely N-dealkylation sites (N-methyl/N-ethyl adjacent to an activating group) is 1. The Hall–Kier alpha value is -1.63. The van der Waals surface area contributed by atoms with Gasteiger partial charge in [0.1, 0.15) is 12.4 Å². The summed E-state index contributed by atoms with van der Waals surface area (Å²) in [5.74, 6) is 0.824. The van der Waals surface area contributed by atoms with Crippen LogP contribution in [-0.2, 0) is 16.1 Å². The molecule has 0 atom stereocenters. The van der Waals surface area contributed by atoms with Crippen molar-refractivity contribution in [2.45, 2.75) is 19.4 Å². The molecule has 1 aromatic rings. The molecule has 0 aliphatic carbocycles. The van der Waals surface area contributed by atoms with Crippen LogP contribution < -0.4 is 15.8 Å². The summed E-state index contributed by atoms with van der Waals surface area (Å²) in [6.45, 7) is 3.44. The fourth-order valence-corrected chi connectivity index (χ4v) is 2.78. The van der Waals surface area contributed by atoms with Crippen molar-refractivity contribution in [3.05, 3.63) is 29.8 Å². The number of amides is 1. The van der Waals surface area contributed by atoms with Gasteiger partial charge in [0.15, 0.2) is 0 Å². The Morgan fingerprint density at radius 3 is 2.71 bits per heavy atom. The van der Waals surface area contributed by atoms with Crippen LogP contribution in [0.3, 0.4) is 0 Å². The van der Waals surface area contributed by atoms with Gasteiger partial charge in [-0.1, -0.05) is 18.2 Å². The van der Waals surface area contributed by atoms with Gasteiger partial charge in [-0.3, -0.25) is 4.79 Å². The van der Waals surface area contributed by atoms with E-state index in [1.54, 1.807) is 0 Å². The minimum Gasteiger partial charge on any atom is -0.492 e. The van der Waals surface area contributed by atoms with Crippen molar-refractivity contribution in [1.29, 1.82) is 0 Å². The number of para-hydroxylation sites is 1. The molecule has 6 nitrogen and oxygen atoms in total. The average Bonchev–Trinajstić information content (AvgIpc) is 2.61. The molecule has 1 saturated heterocycles. The van der Waals surface area contributed by atoms with E-state index in [2.05, 4.69) is 10.2 Å². The predicted octanol–water partition coefficient (Wildman–Crippen LogP) is 0.999. The van der Waals surface area contributed by atoms with Gasteiger partial charge in [0.25, 0.3) is 0 Å². The highest BCUT2D eigenvalue weighted by Crippen LogP contribution is 2.29. The molecule has 0 saturated carbocycles. The monoisotopic (exact) mass is 335 g/mol. The lowest BCUT2D eigenvalue weighted by Crippen LogP contribution is -2.49. The second kappa shape index (κ2) is 9.01. The van der Waals surface area contributed by atoms with Crippen LogP contribution >= 0.6 is 0 Å². The van der Waals surface area contributed by atoms with Crippen molar-refractivity contribution in [3.63, 3.8) is 0 Å². The number of nitrogens with one attached hydrogen (secondary N) is 1. The lowest BCUT2D eigenvalue weighted by molar-refractivity contribution is -0.136. The van der Waals surface area contributed by atoms with Crippen LogP contribution in [0.4, 0.5) is 0 Å². The van der Waals surface area contributed by atoms with Crippen LogP contribution in [0.2, 0.25) is 0 Å². The fraction of sp³-hybridized carbons (Fsp3) is 0.611. The second-order valence-corrected chi connectivity index (χ2v) is 6.54. The number of carbonyl (C=O) groups excluding carboxylic acids is 1. The maximum absolute atomic E-state index is 12.6. The first-order valence-electron chi connectivity index (χ1n) is 8.49. The molecule has 0 bridgehead atoms. The molecule has 134 valence electrons. The Balaban J connectivity index is 1.94. The third kappa shape index (κ3) is 4.93. The van der Waals surface area contributed by atoms with Crippen LogP contribution in [0.25, 0.3) is 0 Å². The first-order chi connectivity index (χ1) is 11.6. The largest absolute Gasteiger partial charge is 0.492 e. The minimum atomic E-state index is -0.501. The summed E-state index contributed by atoms with van der Waals surface area (Å²) < 4.78 is 11.2. The summed E-state index contributed by atoms with van der Waals surface area (Å²) in [4.78, 5) is 14.7. The number of carbonyl (C=O) groups is 1. The van der Waals surface area contributed by atoms with E-state index in [1.807, 2.05) is 38.4 Å². The number of rotatable bonds is 8. The van der Waals surface area contributed by atoms with Gasteiger partial charge in [-0.15, -0.1) is 0 Å². The minimum absolute atomic E-state index is 0.0106. The third-order valence-corrected chi connectivity index (χ3v) is 4.53. The molecular weight excluding hydrogens is 306 g/mol. The summed E-state index contributed by atoms with van der Waals surface area (Å²) in [6, 6.07) is 7.80. The van der Waals surface area contributed by atoms with E-state index in [0.717, 1.165) is 17.9 Å². The number of hydrogen-bond acceptors (Lipinski definition) is 5. The Morgan fingerprint density at radius 2 is 2.04 bits per heavy atom. The lowest BCUT2D eigenvalue weighted by atomic mass is 9.79. The van der Waals surface area contributed by atoms with Gasteiger partial charge in [0, 0.05) is 38.4 Å². The van der Waals surface area contributed by atoms with E-state index >= 15 is 0 Å². The highest BCUT2D eigenvalue weighted by atomic mass is 16.5. The molecule has 0 radical (unpaired) electrons. The van der Waals surface area contributed by atoms with Gasteiger partial charge in [-0.2, -0.15) is 0 Å². The fourth-order valence-electron chi connectivity index (χ4n) is 2.78. The first-order valence-corrected chi connectivity index (χ1v) is 8.49. The maximum atomic E-state index is 12.6. The zero-order valence-corrected chi connectivity index (χ0v) is 14.7. The van der Waals surface area contributed by atoms with Crippen LogP contribution in [-0.4, -0.2) is 57.8 Å². The van der Waals surface area contributed by atoms with E-state index in [9.17, 15) is 4.79 Å². The third-order valence-electron chi connectivity index (χ3n) is 4.53. The predicted molar refractivity (Wildman–Crippen MR) is 93.9 cm³/mol. The number of ether oxygens (including phenoxy) is 2. The van der Waals surface area contributed by atoms with Crippen molar-refractivity contribution < 1.29 is 14.3 Å². The molecule has 1 heterocycles. The van der Waals surface area contributed by atoms with Crippen molar-refractivity contribution in [1.82, 2.24) is 10.2 Å². The van der Waals surface area contributed by atoms with Crippen LogP contribution in [0.15, 0.2) is 24.3 Å². The molecule has 24 heavy (non-hydrogen) atoms. The molecule has 1 amide bonds. The normalized spacial score (nSPS) is 16.8. The number of benzene rings is 1. The standard InChI is InChI=1S/C18H29N3O3/c1-21(2)9-12-24-16-6-4-3-5-15(16)13-20-17(22)18(14-19)7-10-23-11-8-18/h3-6H,7-14,19H2,1-2H3,(H,20,22). The topological polar surface area (TPSA) is 76.8 Å². The van der Waals surface area contributed by atoms with Crippen LogP contribution in [0.1, 0.15) is 18.4 Å². The molecule has 3 N–H and O–H groups in total. The molecule has 1 aliphatic rings. The second-order valence-electron chi connectivity index (χ2n) is 6.54. The van der Waals surface area contributed by atoms with Gasteiger partial charge in [-0.25, -0.2) is 0 Å². The van der Waals surface area contributed by atoms with Gasteiger partial charge < -0.3 is 25.4 Å². The maximum Gasteiger partial charge on any atom is 0.227 e. The van der Waals surface area contributed by atoms with Gasteiger partial charge >= 0.3 is 0 Å². The smallest absolute Gasteiger partial charge is 0.227 e. The summed E-state index contributed by atoms with van der Waals surface area (Å²) >= 11 is 0. The molecule has 0 spiro atoms. The number of nitrogens with zero attached hydrogens (tertiary/aromatic N) is 1. The van der Waals surface area contributed by atoms with E-state index < -0.39 is 5.41 Å². The SMILES string of the molecule is CN(C)CCOc1ccccc1CNC(=O)C1(CN)CCOCC1. The molecule has 1 aliphatic heterocycles. The first kappa shape index (κ1) is 18.7. The van der Waals surface area contributed by atoms with Gasteiger partial charge in [-0.05, 0) is 33.0 Å². The van der Waals surface area contributed by atoms with E-state index in [0.29, 0.717) is 45.8 Å². The molecule has 2 rings (SSSR count). The van der Waals surface area contributed by atoms with Crippen LogP contribution in [0.5, 0.6) is 5.75 Å². The molecule has 0 unspecified atom stereocenters. The van der Waals surface area contributed by atoms with Gasteiger partial charge in [0.2, 0.25) is 5.91 Å². The zero-order chi connectivity index (χ0) is 17.4. The van der Waals surface area contributed by atoms with Crippen molar-refractivity contribution in [3.8, 4) is 5.75 Å². The summed E-state index contributed by atoms with van der Waals surface area (Å²) in [5.41, 5.74) is 6.36. The molecular formula is C18H29N3O3. The van der Waals surface area contributed by atoms with E-state index in [1.165, 1.54) is 0 Å². The Labute approximate surface area is 144 Å². The van der Waals surface area contributed by atoms with Crippen molar-refractivity contribution >= 4 is 5.91 Å². The highest BCUT2D eigenvalue weighted by molar-refractivity contribution is 5.83. The highest BCUT2D eigenvalue weighted by Gasteiger charge is 2.38. The summed E-state index contributed by atoms with van der Waals surface area (Å²) in [6.07, 6.45) is 1.35. The van der Waals surface area contributed by atoms with E-state index in [-0.39, 0.29) is 5.91 Å². The molecule has 1 aromatic carbocycles. The summed E-state index contributed by atoms with van der Waals surface area (Å²) in [7, 11) is 4.02. The summed E-state index contributed by atoms with van der Waals surface area (Å²) in [5, 5.41) is 3.04. The van der Waals surface area contributed by atoms with Crippen LogP contribution in [0, 0.1) is 5.41 Å². The van der Waals surface area contributed by atoms with Gasteiger partial charge in [0.05, 0.1) is 5.41 Å². The zero-order valence-electron chi connectivity index (χ0n) is 14.7. The Bertz CT molecular complexity index is 528. The van der Waals surface area contributed by atoms with E-state index in [4.69, 9.17) is 15.2 Å². The average molecular weight is 335 g/mol.